The second-order valence-electron chi connectivity index (χ2n) is 13.9. The van der Waals surface area contributed by atoms with Crippen LogP contribution in [0.2, 0.25) is 0 Å². The number of rotatable bonds is 9. The standard InChI is InChI=1S/C40H38F3N7O5S/c1-22(2)36(33-15-12-30(46-33)18-28-19-35(56(53,54)55)25(5)23(3)24(28)4)47-38(51)49-37(34-16-17-45-50(34)31-13-10-27(21-44)11-14-31)26(6)48(39(49)52)32-9-7-8-29(20-32)40(41,42)43/h7-17,19-20,22,36,46H,18H2,1-6H3,(H,47,51)(H,53,54,55)/t36-/m0/s1. The van der Waals surface area contributed by atoms with Crippen LogP contribution in [0.4, 0.5) is 18.0 Å². The van der Waals surface area contributed by atoms with Crippen molar-refractivity contribution in [2.45, 2.75) is 65.1 Å². The Balaban J connectivity index is 1.43. The molecule has 56 heavy (non-hydrogen) atoms. The number of H-pyrrole nitrogens is 1. The summed E-state index contributed by atoms with van der Waals surface area (Å²) >= 11 is 0. The minimum absolute atomic E-state index is 0.0707. The van der Waals surface area contributed by atoms with Crippen LogP contribution in [0.3, 0.4) is 0 Å². The highest BCUT2D eigenvalue weighted by molar-refractivity contribution is 7.85. The van der Waals surface area contributed by atoms with Crippen LogP contribution in [0.25, 0.3) is 22.8 Å². The molecule has 0 fully saturated rings. The van der Waals surface area contributed by atoms with Gasteiger partial charge in [0.15, 0.2) is 0 Å². The number of hydrogen-bond donors (Lipinski definition) is 3. The van der Waals surface area contributed by atoms with Crippen LogP contribution >= 0.6 is 0 Å². The number of aromatic nitrogens is 5. The summed E-state index contributed by atoms with van der Waals surface area (Å²) < 4.78 is 78.9. The summed E-state index contributed by atoms with van der Waals surface area (Å²) in [5.74, 6) is -0.241. The molecule has 0 aliphatic rings. The van der Waals surface area contributed by atoms with Gasteiger partial charge in [-0.3, -0.25) is 9.12 Å². The number of alkyl halides is 3. The summed E-state index contributed by atoms with van der Waals surface area (Å²) in [7, 11) is -4.47. The van der Waals surface area contributed by atoms with Gasteiger partial charge in [0.2, 0.25) is 0 Å². The molecule has 1 amide bonds. The fourth-order valence-corrected chi connectivity index (χ4v) is 7.70. The number of carbonyl (C=O) groups is 1. The van der Waals surface area contributed by atoms with Crippen molar-refractivity contribution in [1.29, 1.82) is 5.26 Å². The van der Waals surface area contributed by atoms with Crippen molar-refractivity contribution in [1.82, 2.24) is 29.2 Å². The predicted octanol–water partition coefficient (Wildman–Crippen LogP) is 7.74. The van der Waals surface area contributed by atoms with Gasteiger partial charge >= 0.3 is 17.9 Å². The number of nitrogens with one attached hydrogen (secondary N) is 2. The third-order valence-electron chi connectivity index (χ3n) is 10.0. The lowest BCUT2D eigenvalue weighted by Gasteiger charge is -2.22. The normalized spacial score (nSPS) is 12.5. The average molecular weight is 786 g/mol. The van der Waals surface area contributed by atoms with E-state index in [0.29, 0.717) is 33.8 Å². The first-order valence-corrected chi connectivity index (χ1v) is 18.9. The molecule has 0 saturated carbocycles. The molecule has 3 N–H and O–H groups in total. The molecule has 3 heterocycles. The van der Waals surface area contributed by atoms with Crippen LogP contribution in [-0.4, -0.2) is 42.9 Å². The van der Waals surface area contributed by atoms with E-state index in [1.54, 1.807) is 56.3 Å². The Labute approximate surface area is 320 Å². The molecule has 0 aliphatic carbocycles. The van der Waals surface area contributed by atoms with Gasteiger partial charge in [-0.05, 0) is 123 Å². The molecule has 0 bridgehead atoms. The van der Waals surface area contributed by atoms with Crippen LogP contribution in [0.5, 0.6) is 0 Å². The maximum absolute atomic E-state index is 14.5. The van der Waals surface area contributed by atoms with E-state index in [1.807, 2.05) is 26.8 Å². The first-order chi connectivity index (χ1) is 26.3. The van der Waals surface area contributed by atoms with Gasteiger partial charge in [-0.25, -0.2) is 18.8 Å². The topological polar surface area (TPSA) is 168 Å². The van der Waals surface area contributed by atoms with Crippen LogP contribution in [-0.2, 0) is 22.7 Å². The molecular formula is C40H38F3N7O5S. The van der Waals surface area contributed by atoms with Crippen molar-refractivity contribution in [3.63, 3.8) is 0 Å². The summed E-state index contributed by atoms with van der Waals surface area (Å²) in [6.07, 6.45) is -2.97. The lowest BCUT2D eigenvalue weighted by molar-refractivity contribution is -0.137. The SMILES string of the molecule is Cc1c(Cc2ccc([C@@H](NC(=O)n3c(-c4ccnn4-c4ccc(C#N)cc4)c(C)n(-c4cccc(C(F)(F)F)c4)c3=O)C(C)C)[nH]2)cc(S(=O)(=O)O)c(C)c1C. The molecule has 6 rings (SSSR count). The van der Waals surface area contributed by atoms with Gasteiger partial charge in [-0.15, -0.1) is 0 Å². The highest BCUT2D eigenvalue weighted by Crippen LogP contribution is 2.33. The number of nitriles is 1. The monoisotopic (exact) mass is 785 g/mol. The third-order valence-corrected chi connectivity index (χ3v) is 11.0. The number of aromatic amines is 1. The molecule has 0 spiro atoms. The summed E-state index contributed by atoms with van der Waals surface area (Å²) in [5.41, 5.74) is 3.36. The zero-order chi connectivity index (χ0) is 40.9. The zero-order valence-corrected chi connectivity index (χ0v) is 32.0. The number of carbonyl (C=O) groups excluding carboxylic acids is 1. The molecule has 0 aliphatic heterocycles. The van der Waals surface area contributed by atoms with Gasteiger partial charge in [0, 0.05) is 17.8 Å². The van der Waals surface area contributed by atoms with E-state index in [2.05, 4.69) is 15.4 Å². The largest absolute Gasteiger partial charge is 0.416 e. The van der Waals surface area contributed by atoms with Crippen molar-refractivity contribution >= 4 is 16.1 Å². The van der Waals surface area contributed by atoms with Crippen molar-refractivity contribution in [2.24, 2.45) is 5.92 Å². The highest BCUT2D eigenvalue weighted by Gasteiger charge is 2.33. The minimum Gasteiger partial charge on any atom is -0.360 e. The average Bonchev–Trinajstić information content (AvgIpc) is 3.87. The van der Waals surface area contributed by atoms with E-state index in [4.69, 9.17) is 0 Å². The molecule has 0 saturated heterocycles. The number of benzene rings is 3. The summed E-state index contributed by atoms with van der Waals surface area (Å²) in [6.45, 7) is 10.5. The van der Waals surface area contributed by atoms with Crippen LogP contribution in [0, 0.1) is 44.9 Å². The molecule has 12 nitrogen and oxygen atoms in total. The second-order valence-corrected chi connectivity index (χ2v) is 15.3. The zero-order valence-electron chi connectivity index (χ0n) is 31.2. The van der Waals surface area contributed by atoms with Crippen molar-refractivity contribution in [3.05, 3.63) is 140 Å². The van der Waals surface area contributed by atoms with Gasteiger partial charge in [-0.2, -0.15) is 31.9 Å². The molecule has 3 aromatic carbocycles. The van der Waals surface area contributed by atoms with Crippen molar-refractivity contribution in [3.8, 4) is 28.8 Å². The lowest BCUT2D eigenvalue weighted by atomic mass is 9.96. The molecule has 16 heteroatoms. The number of amides is 1. The molecule has 6 aromatic rings. The fraction of sp³-hybridized carbons (Fsp3) is 0.250. The van der Waals surface area contributed by atoms with E-state index in [0.717, 1.165) is 32.4 Å². The van der Waals surface area contributed by atoms with Crippen LogP contribution < -0.4 is 11.0 Å². The smallest absolute Gasteiger partial charge is 0.360 e. The van der Waals surface area contributed by atoms with Gasteiger partial charge in [0.05, 0.1) is 57.1 Å². The van der Waals surface area contributed by atoms with Gasteiger partial charge in [-0.1, -0.05) is 19.9 Å². The van der Waals surface area contributed by atoms with Gasteiger partial charge in [0.25, 0.3) is 10.1 Å². The van der Waals surface area contributed by atoms with E-state index < -0.39 is 39.6 Å². The predicted molar refractivity (Wildman–Crippen MR) is 203 cm³/mol. The van der Waals surface area contributed by atoms with Crippen LogP contribution in [0.1, 0.15) is 70.4 Å². The number of halogens is 3. The number of imidazole rings is 1. The molecule has 1 atom stereocenters. The Morgan fingerprint density at radius 1 is 0.964 bits per heavy atom. The first kappa shape index (κ1) is 39.5. The second kappa shape index (κ2) is 14.8. The Hall–Kier alpha value is -6.18. The summed E-state index contributed by atoms with van der Waals surface area (Å²) in [6, 6.07) is 17.7. The molecular weight excluding hydrogens is 748 g/mol. The first-order valence-electron chi connectivity index (χ1n) is 17.4. The highest BCUT2D eigenvalue weighted by atomic mass is 32.2. The number of nitrogens with zero attached hydrogens (tertiary/aromatic N) is 5. The van der Waals surface area contributed by atoms with Crippen LogP contribution in [0.15, 0.2) is 88.7 Å². The maximum Gasteiger partial charge on any atom is 0.416 e. The summed E-state index contributed by atoms with van der Waals surface area (Å²) in [5, 5.41) is 16.7. The van der Waals surface area contributed by atoms with E-state index in [1.165, 1.54) is 36.0 Å². The quantitative estimate of drug-likeness (QED) is 0.126. The molecule has 0 radical (unpaired) electrons. The van der Waals surface area contributed by atoms with E-state index in [-0.39, 0.29) is 40.0 Å². The maximum atomic E-state index is 14.5. The Morgan fingerprint density at radius 2 is 1.66 bits per heavy atom. The number of hydrogen-bond acceptors (Lipinski definition) is 6. The Kier molecular flexibility index (Phi) is 10.4. The molecule has 290 valence electrons. The summed E-state index contributed by atoms with van der Waals surface area (Å²) in [4.78, 5) is 32.0. The fourth-order valence-electron chi connectivity index (χ4n) is 6.87. The van der Waals surface area contributed by atoms with E-state index in [9.17, 15) is 41.0 Å². The van der Waals surface area contributed by atoms with Crippen molar-refractivity contribution in [2.75, 3.05) is 0 Å². The van der Waals surface area contributed by atoms with E-state index >= 15 is 0 Å². The lowest BCUT2D eigenvalue weighted by Crippen LogP contribution is -2.40. The molecule has 3 aromatic heterocycles. The van der Waals surface area contributed by atoms with Crippen molar-refractivity contribution < 1.29 is 30.9 Å². The molecule has 0 unspecified atom stereocenters. The minimum atomic E-state index is -4.69. The van der Waals surface area contributed by atoms with Gasteiger partial charge in [0.1, 0.15) is 5.69 Å². The Morgan fingerprint density at radius 3 is 2.29 bits per heavy atom. The third kappa shape index (κ3) is 7.42. The van der Waals surface area contributed by atoms with Gasteiger partial charge < -0.3 is 10.3 Å². The Bertz CT molecular complexity index is 2700.